The Labute approximate surface area is 98.9 Å². The first-order chi connectivity index (χ1) is 7.39. The molecule has 1 heteroatoms. The molecule has 0 aromatic carbocycles. The molecule has 3 rings (SSSR count). The van der Waals surface area contributed by atoms with Gasteiger partial charge in [-0.1, -0.05) is 27.4 Å². The van der Waals surface area contributed by atoms with Crippen LogP contribution in [0.3, 0.4) is 0 Å². The van der Waals surface area contributed by atoms with Gasteiger partial charge in [-0.15, -0.1) is 0 Å². The molecule has 3 aliphatic carbocycles. The molecule has 0 amide bonds. The summed E-state index contributed by atoms with van der Waals surface area (Å²) in [4.78, 5) is 0. The summed E-state index contributed by atoms with van der Waals surface area (Å²) in [6.07, 6.45) is 4.71. The third kappa shape index (κ3) is 1.01. The highest BCUT2D eigenvalue weighted by molar-refractivity contribution is 5.31. The molecule has 16 heavy (non-hydrogen) atoms. The number of hydrogen-bond acceptors (Lipinski definition) is 1. The van der Waals surface area contributed by atoms with Gasteiger partial charge < -0.3 is 5.11 Å². The summed E-state index contributed by atoms with van der Waals surface area (Å²) in [6.45, 7) is 11.5. The average Bonchev–Trinajstić information content (AvgIpc) is 2.51. The Kier molecular flexibility index (Phi) is 1.98. The second kappa shape index (κ2) is 2.93. The zero-order chi connectivity index (χ0) is 11.7. The van der Waals surface area contributed by atoms with Crippen LogP contribution >= 0.6 is 0 Å². The summed E-state index contributed by atoms with van der Waals surface area (Å²) in [5, 5.41) is 10.1. The van der Waals surface area contributed by atoms with Crippen LogP contribution in [0.5, 0.6) is 0 Å². The summed E-state index contributed by atoms with van der Waals surface area (Å²) < 4.78 is 0. The molecule has 0 aliphatic heterocycles. The number of hydrogen-bond donors (Lipinski definition) is 1. The van der Waals surface area contributed by atoms with Crippen molar-refractivity contribution in [1.82, 2.24) is 0 Å². The molecule has 3 aliphatic rings. The molecule has 5 atom stereocenters. The van der Waals surface area contributed by atoms with E-state index in [-0.39, 0.29) is 11.5 Å². The Morgan fingerprint density at radius 1 is 1.25 bits per heavy atom. The molecule has 3 fully saturated rings. The predicted molar refractivity (Wildman–Crippen MR) is 66.0 cm³/mol. The Hall–Kier alpha value is -0.300. The maximum Gasteiger partial charge on any atom is 0.0756 e. The summed E-state index contributed by atoms with van der Waals surface area (Å²) >= 11 is 0. The van der Waals surface area contributed by atoms with Crippen LogP contribution in [0.15, 0.2) is 12.2 Å². The molecule has 0 heterocycles. The lowest BCUT2D eigenvalue weighted by atomic mass is 9.62. The normalized spacial score (nSPS) is 54.1. The summed E-state index contributed by atoms with van der Waals surface area (Å²) in [7, 11) is 0. The molecule has 0 spiro atoms. The molecular weight excluding hydrogens is 196 g/mol. The molecule has 0 aromatic rings. The van der Waals surface area contributed by atoms with Crippen LogP contribution in [0.25, 0.3) is 0 Å². The molecular formula is C15H24O. The van der Waals surface area contributed by atoms with Crippen molar-refractivity contribution < 1.29 is 5.11 Å². The zero-order valence-corrected chi connectivity index (χ0v) is 10.8. The summed E-state index contributed by atoms with van der Waals surface area (Å²) in [6, 6.07) is 0. The molecule has 0 radical (unpaired) electrons. The quantitative estimate of drug-likeness (QED) is 0.620. The number of aliphatic hydroxyl groups is 1. The van der Waals surface area contributed by atoms with Crippen molar-refractivity contribution in [3.8, 4) is 0 Å². The van der Waals surface area contributed by atoms with Crippen LogP contribution in [0.2, 0.25) is 0 Å². The van der Waals surface area contributed by atoms with E-state index < -0.39 is 0 Å². The first-order valence-electron chi connectivity index (χ1n) is 6.77. The third-order valence-corrected chi connectivity index (χ3v) is 6.17. The first-order valence-corrected chi connectivity index (χ1v) is 6.77. The fraction of sp³-hybridized carbons (Fsp3) is 0.867. The minimum absolute atomic E-state index is 0.218. The van der Waals surface area contributed by atoms with E-state index in [1.165, 1.54) is 24.8 Å². The van der Waals surface area contributed by atoms with Gasteiger partial charge >= 0.3 is 0 Å². The van der Waals surface area contributed by atoms with Gasteiger partial charge in [-0.3, -0.25) is 0 Å². The first kappa shape index (κ1) is 10.8. The van der Waals surface area contributed by atoms with E-state index in [1.807, 2.05) is 0 Å². The Morgan fingerprint density at radius 3 is 2.56 bits per heavy atom. The minimum Gasteiger partial charge on any atom is -0.389 e. The van der Waals surface area contributed by atoms with Crippen LogP contribution in [-0.4, -0.2) is 11.2 Å². The average molecular weight is 220 g/mol. The van der Waals surface area contributed by atoms with Crippen LogP contribution in [-0.2, 0) is 0 Å². The van der Waals surface area contributed by atoms with E-state index in [4.69, 9.17) is 0 Å². The third-order valence-electron chi connectivity index (χ3n) is 6.17. The van der Waals surface area contributed by atoms with Crippen molar-refractivity contribution in [2.24, 2.45) is 28.6 Å². The molecule has 3 unspecified atom stereocenters. The molecule has 0 saturated heterocycles. The summed E-state index contributed by atoms with van der Waals surface area (Å²) in [5.74, 6) is 2.26. The van der Waals surface area contributed by atoms with Gasteiger partial charge in [-0.2, -0.15) is 0 Å². The number of aliphatic hydroxyl groups excluding tert-OH is 1. The highest BCUT2D eigenvalue weighted by atomic mass is 16.3. The topological polar surface area (TPSA) is 20.2 Å². The fourth-order valence-electron chi connectivity index (χ4n) is 5.47. The SMILES string of the molecule is C=C1[C@@H](O)CC2C3CCC(C)[C@]12CC3(C)C. The molecule has 3 saturated carbocycles. The van der Waals surface area contributed by atoms with Gasteiger partial charge in [0, 0.05) is 0 Å². The van der Waals surface area contributed by atoms with Crippen molar-refractivity contribution >= 4 is 0 Å². The van der Waals surface area contributed by atoms with Gasteiger partial charge in [0.15, 0.2) is 0 Å². The van der Waals surface area contributed by atoms with E-state index in [0.29, 0.717) is 11.3 Å². The van der Waals surface area contributed by atoms with Crippen LogP contribution in [0, 0.1) is 28.6 Å². The van der Waals surface area contributed by atoms with E-state index in [1.54, 1.807) is 0 Å². The molecule has 1 N–H and O–H groups in total. The Balaban J connectivity index is 2.11. The van der Waals surface area contributed by atoms with Crippen molar-refractivity contribution in [1.29, 1.82) is 0 Å². The monoisotopic (exact) mass is 220 g/mol. The lowest BCUT2D eigenvalue weighted by Gasteiger charge is -2.42. The predicted octanol–water partition coefficient (Wildman–Crippen LogP) is 3.39. The lowest BCUT2D eigenvalue weighted by Crippen LogP contribution is -2.35. The van der Waals surface area contributed by atoms with Gasteiger partial charge in [0.05, 0.1) is 6.10 Å². The van der Waals surface area contributed by atoms with Crippen LogP contribution in [0.4, 0.5) is 0 Å². The number of rotatable bonds is 0. The molecule has 90 valence electrons. The van der Waals surface area contributed by atoms with Crippen molar-refractivity contribution in [3.05, 3.63) is 12.2 Å². The largest absolute Gasteiger partial charge is 0.389 e. The van der Waals surface area contributed by atoms with E-state index in [0.717, 1.165) is 18.3 Å². The van der Waals surface area contributed by atoms with Crippen molar-refractivity contribution in [3.63, 3.8) is 0 Å². The van der Waals surface area contributed by atoms with Gasteiger partial charge in [-0.05, 0) is 59.8 Å². The highest BCUT2D eigenvalue weighted by Gasteiger charge is 2.66. The van der Waals surface area contributed by atoms with Gasteiger partial charge in [0.2, 0.25) is 0 Å². The molecule has 0 aromatic heterocycles. The molecule has 2 bridgehead atoms. The van der Waals surface area contributed by atoms with E-state index >= 15 is 0 Å². The smallest absolute Gasteiger partial charge is 0.0756 e. The fourth-order valence-corrected chi connectivity index (χ4v) is 5.47. The van der Waals surface area contributed by atoms with E-state index in [2.05, 4.69) is 27.4 Å². The minimum atomic E-state index is -0.218. The van der Waals surface area contributed by atoms with Gasteiger partial charge in [0.25, 0.3) is 0 Å². The van der Waals surface area contributed by atoms with Gasteiger partial charge in [-0.25, -0.2) is 0 Å². The molecule has 1 nitrogen and oxygen atoms in total. The van der Waals surface area contributed by atoms with Crippen molar-refractivity contribution in [2.45, 2.75) is 52.6 Å². The maximum absolute atomic E-state index is 10.1. The van der Waals surface area contributed by atoms with Crippen molar-refractivity contribution in [2.75, 3.05) is 0 Å². The van der Waals surface area contributed by atoms with Crippen LogP contribution in [0.1, 0.15) is 46.5 Å². The van der Waals surface area contributed by atoms with Crippen LogP contribution < -0.4 is 0 Å². The Bertz CT molecular complexity index is 343. The maximum atomic E-state index is 10.1. The Morgan fingerprint density at radius 2 is 1.94 bits per heavy atom. The van der Waals surface area contributed by atoms with Gasteiger partial charge in [0.1, 0.15) is 0 Å². The second-order valence-electron chi connectivity index (χ2n) is 7.17. The summed E-state index contributed by atoms with van der Waals surface area (Å²) in [5.41, 5.74) is 1.91. The second-order valence-corrected chi connectivity index (χ2v) is 7.17. The highest BCUT2D eigenvalue weighted by Crippen LogP contribution is 2.72. The lowest BCUT2D eigenvalue weighted by molar-refractivity contribution is 0.0954. The van der Waals surface area contributed by atoms with E-state index in [9.17, 15) is 5.11 Å². The zero-order valence-electron chi connectivity index (χ0n) is 10.8. The standard InChI is InChI=1S/C15H24O/c1-9-5-6-11-12-7-13(16)10(2)15(9,12)8-14(11,3)4/h9,11-13,16H,2,5-8H2,1,3-4H3/t9?,11?,12?,13-,15+/m0/s1.